The first-order valence-electron chi connectivity index (χ1n) is 10.3. The lowest BCUT2D eigenvalue weighted by molar-refractivity contribution is -0.137. The minimum atomic E-state index is -1.08. The molecule has 2 aliphatic rings. The van der Waals surface area contributed by atoms with Crippen LogP contribution in [0.15, 0.2) is 30.3 Å². The molecule has 10 heteroatoms. The third kappa shape index (κ3) is 6.34. The van der Waals surface area contributed by atoms with Crippen molar-refractivity contribution < 1.29 is 33.8 Å². The zero-order valence-corrected chi connectivity index (χ0v) is 17.2. The number of ether oxygens (including phenoxy) is 2. The van der Waals surface area contributed by atoms with Crippen LogP contribution in [-0.2, 0) is 25.7 Å². The molecule has 31 heavy (non-hydrogen) atoms. The average molecular weight is 433 g/mol. The zero-order valence-electron chi connectivity index (χ0n) is 17.2. The van der Waals surface area contributed by atoms with Gasteiger partial charge in [-0.1, -0.05) is 30.3 Å². The van der Waals surface area contributed by atoms with Crippen molar-refractivity contribution in [2.75, 3.05) is 32.7 Å². The first-order chi connectivity index (χ1) is 14.9. The SMILES string of the molecule is O=C(O)CN1CC2(CCN(C(=O)CCCNC(=O)OCc3ccccc3)CC2)OC1=O. The van der Waals surface area contributed by atoms with E-state index >= 15 is 0 Å². The number of carbonyl (C=O) groups excluding carboxylic acids is 3. The molecular weight excluding hydrogens is 406 g/mol. The zero-order chi connectivity index (χ0) is 22.3. The van der Waals surface area contributed by atoms with Crippen molar-refractivity contribution >= 4 is 24.1 Å². The molecule has 3 amide bonds. The summed E-state index contributed by atoms with van der Waals surface area (Å²) in [6.07, 6.45) is 0.590. The molecule has 1 aromatic carbocycles. The molecule has 1 aromatic rings. The lowest BCUT2D eigenvalue weighted by Crippen LogP contribution is -2.49. The van der Waals surface area contributed by atoms with Crippen LogP contribution in [0.4, 0.5) is 9.59 Å². The van der Waals surface area contributed by atoms with Crippen molar-refractivity contribution in [2.24, 2.45) is 0 Å². The molecule has 2 saturated heterocycles. The van der Waals surface area contributed by atoms with Gasteiger partial charge in [0, 0.05) is 38.9 Å². The minimum absolute atomic E-state index is 0.0268. The van der Waals surface area contributed by atoms with E-state index in [4.69, 9.17) is 14.6 Å². The Bertz CT molecular complexity index is 806. The summed E-state index contributed by atoms with van der Waals surface area (Å²) in [5.41, 5.74) is 0.183. The van der Waals surface area contributed by atoms with Crippen molar-refractivity contribution in [3.63, 3.8) is 0 Å². The molecule has 2 heterocycles. The highest BCUT2D eigenvalue weighted by molar-refractivity contribution is 5.79. The number of carbonyl (C=O) groups is 4. The molecule has 2 N–H and O–H groups in total. The van der Waals surface area contributed by atoms with Crippen molar-refractivity contribution in [3.05, 3.63) is 35.9 Å². The van der Waals surface area contributed by atoms with Gasteiger partial charge in [-0.3, -0.25) is 14.5 Å². The van der Waals surface area contributed by atoms with Gasteiger partial charge in [0.25, 0.3) is 0 Å². The topological polar surface area (TPSA) is 125 Å². The number of rotatable bonds is 8. The summed E-state index contributed by atoms with van der Waals surface area (Å²) in [6.45, 7) is 1.26. The number of alkyl carbamates (subject to hydrolysis) is 1. The van der Waals surface area contributed by atoms with Crippen LogP contribution in [0.3, 0.4) is 0 Å². The third-order valence-corrected chi connectivity index (χ3v) is 5.44. The molecular formula is C21H27N3O7. The molecule has 0 unspecified atom stereocenters. The minimum Gasteiger partial charge on any atom is -0.480 e. The van der Waals surface area contributed by atoms with Crippen LogP contribution in [0.1, 0.15) is 31.2 Å². The summed E-state index contributed by atoms with van der Waals surface area (Å²) in [5, 5.41) is 11.5. The molecule has 168 valence electrons. The van der Waals surface area contributed by atoms with E-state index < -0.39 is 23.8 Å². The number of nitrogens with zero attached hydrogens (tertiary/aromatic N) is 2. The lowest BCUT2D eigenvalue weighted by Gasteiger charge is -2.37. The van der Waals surface area contributed by atoms with Gasteiger partial charge in [0.1, 0.15) is 18.8 Å². The summed E-state index contributed by atoms with van der Waals surface area (Å²) in [4.78, 5) is 49.7. The highest BCUT2D eigenvalue weighted by Crippen LogP contribution is 2.33. The smallest absolute Gasteiger partial charge is 0.411 e. The summed E-state index contributed by atoms with van der Waals surface area (Å²) in [5.74, 6) is -1.11. The number of carboxylic acid groups (broad SMARTS) is 1. The Morgan fingerprint density at radius 1 is 1.16 bits per heavy atom. The number of amides is 3. The van der Waals surface area contributed by atoms with E-state index in [1.54, 1.807) is 4.90 Å². The van der Waals surface area contributed by atoms with E-state index in [0.717, 1.165) is 5.56 Å². The summed E-state index contributed by atoms with van der Waals surface area (Å²) >= 11 is 0. The summed E-state index contributed by atoms with van der Waals surface area (Å²) < 4.78 is 10.6. The maximum absolute atomic E-state index is 12.4. The molecule has 0 radical (unpaired) electrons. The second-order valence-corrected chi connectivity index (χ2v) is 7.77. The Morgan fingerprint density at radius 2 is 1.87 bits per heavy atom. The number of benzene rings is 1. The highest BCUT2D eigenvalue weighted by atomic mass is 16.6. The maximum atomic E-state index is 12.4. The van der Waals surface area contributed by atoms with Gasteiger partial charge in [-0.2, -0.15) is 0 Å². The fraction of sp³-hybridized carbons (Fsp3) is 0.524. The first kappa shape index (κ1) is 22.4. The predicted molar refractivity (Wildman–Crippen MR) is 108 cm³/mol. The Hall–Kier alpha value is -3.30. The molecule has 1 spiro atoms. The van der Waals surface area contributed by atoms with Crippen molar-refractivity contribution in [1.82, 2.24) is 15.1 Å². The molecule has 3 rings (SSSR count). The number of hydrogen-bond donors (Lipinski definition) is 2. The van der Waals surface area contributed by atoms with E-state index in [9.17, 15) is 19.2 Å². The van der Waals surface area contributed by atoms with E-state index in [1.165, 1.54) is 4.90 Å². The van der Waals surface area contributed by atoms with E-state index in [2.05, 4.69) is 5.32 Å². The van der Waals surface area contributed by atoms with Crippen LogP contribution < -0.4 is 5.32 Å². The monoisotopic (exact) mass is 433 g/mol. The van der Waals surface area contributed by atoms with E-state index in [1.807, 2.05) is 30.3 Å². The number of carboxylic acids is 1. The third-order valence-electron chi connectivity index (χ3n) is 5.44. The fourth-order valence-electron chi connectivity index (χ4n) is 3.76. The second kappa shape index (κ2) is 10.1. The van der Waals surface area contributed by atoms with Crippen molar-refractivity contribution in [3.8, 4) is 0 Å². The lowest BCUT2D eigenvalue weighted by atomic mass is 9.91. The van der Waals surface area contributed by atoms with Crippen molar-refractivity contribution in [2.45, 2.75) is 37.9 Å². The maximum Gasteiger partial charge on any atom is 0.411 e. The number of hydrogen-bond acceptors (Lipinski definition) is 6. The molecule has 2 aliphatic heterocycles. The van der Waals surface area contributed by atoms with E-state index in [-0.39, 0.29) is 32.0 Å². The molecule has 0 atom stereocenters. The van der Waals surface area contributed by atoms with Crippen molar-refractivity contribution in [1.29, 1.82) is 0 Å². The molecule has 10 nitrogen and oxygen atoms in total. The summed E-state index contributed by atoms with van der Waals surface area (Å²) in [7, 11) is 0. The Labute approximate surface area is 180 Å². The largest absolute Gasteiger partial charge is 0.480 e. The van der Waals surface area contributed by atoms with Gasteiger partial charge in [-0.25, -0.2) is 9.59 Å². The summed E-state index contributed by atoms with van der Waals surface area (Å²) in [6, 6.07) is 9.35. The number of nitrogens with one attached hydrogen (secondary N) is 1. The Kier molecular flexibility index (Phi) is 7.32. The van der Waals surface area contributed by atoms with Gasteiger partial charge in [-0.15, -0.1) is 0 Å². The van der Waals surface area contributed by atoms with Crippen LogP contribution in [0.2, 0.25) is 0 Å². The number of aliphatic carboxylic acids is 1. The predicted octanol–water partition coefficient (Wildman–Crippen LogP) is 1.59. The standard InChI is InChI=1S/C21H27N3O7/c25-17(7-4-10-22-19(28)30-14-16-5-2-1-3-6-16)23-11-8-21(9-12-23)15-24(13-18(26)27)20(29)31-21/h1-3,5-6H,4,7-15H2,(H,22,28)(H,26,27). The fourth-order valence-corrected chi connectivity index (χ4v) is 3.76. The Morgan fingerprint density at radius 3 is 2.55 bits per heavy atom. The van der Waals surface area contributed by atoms with Crippen LogP contribution in [-0.4, -0.2) is 77.3 Å². The van der Waals surface area contributed by atoms with Gasteiger partial charge in [0.2, 0.25) is 5.91 Å². The normalized spacial score (nSPS) is 17.4. The van der Waals surface area contributed by atoms with Crippen LogP contribution in [0.5, 0.6) is 0 Å². The van der Waals surface area contributed by atoms with E-state index in [0.29, 0.717) is 38.9 Å². The number of likely N-dealkylation sites (tertiary alicyclic amines) is 1. The quantitative estimate of drug-likeness (QED) is 0.596. The average Bonchev–Trinajstić information content (AvgIpc) is 3.04. The first-order valence-corrected chi connectivity index (χ1v) is 10.3. The van der Waals surface area contributed by atoms with Crippen LogP contribution >= 0.6 is 0 Å². The van der Waals surface area contributed by atoms with Crippen LogP contribution in [0, 0.1) is 0 Å². The second-order valence-electron chi connectivity index (χ2n) is 7.77. The van der Waals surface area contributed by atoms with Gasteiger partial charge < -0.3 is 24.8 Å². The van der Waals surface area contributed by atoms with Gasteiger partial charge in [-0.05, 0) is 12.0 Å². The van der Waals surface area contributed by atoms with Gasteiger partial charge >= 0.3 is 18.2 Å². The van der Waals surface area contributed by atoms with Gasteiger partial charge in [0.15, 0.2) is 0 Å². The molecule has 2 fully saturated rings. The van der Waals surface area contributed by atoms with Crippen LogP contribution in [0.25, 0.3) is 0 Å². The molecule has 0 saturated carbocycles. The Balaban J connectivity index is 1.31. The number of piperidine rings is 1. The molecule has 0 bridgehead atoms. The highest BCUT2D eigenvalue weighted by Gasteiger charge is 2.47. The molecule has 0 aliphatic carbocycles. The van der Waals surface area contributed by atoms with Gasteiger partial charge in [0.05, 0.1) is 6.54 Å². The molecule has 0 aromatic heterocycles.